The number of esters is 1. The summed E-state index contributed by atoms with van der Waals surface area (Å²) in [6.07, 6.45) is -5.67. The molecule has 176 valence electrons. The molecule has 0 aliphatic heterocycles. The molecule has 34 heavy (non-hydrogen) atoms. The molecule has 0 fully saturated rings. The number of rotatable bonds is 7. The molecule has 1 amide bonds. The molecule has 6 nitrogen and oxygen atoms in total. The van der Waals surface area contributed by atoms with Gasteiger partial charge in [-0.05, 0) is 68.4 Å². The van der Waals surface area contributed by atoms with Crippen molar-refractivity contribution in [2.24, 2.45) is 0 Å². The Kier molecular flexibility index (Phi) is 7.35. The number of halogens is 3. The van der Waals surface area contributed by atoms with Gasteiger partial charge in [-0.1, -0.05) is 18.2 Å². The summed E-state index contributed by atoms with van der Waals surface area (Å²) in [5.41, 5.74) is 0.477. The zero-order valence-electron chi connectivity index (χ0n) is 18.3. The van der Waals surface area contributed by atoms with Crippen LogP contribution in [0.15, 0.2) is 72.8 Å². The summed E-state index contributed by atoms with van der Waals surface area (Å²) >= 11 is 0. The highest BCUT2D eigenvalue weighted by Gasteiger charge is 2.30. The van der Waals surface area contributed by atoms with Crippen LogP contribution in [0.5, 0.6) is 0 Å². The Morgan fingerprint density at radius 1 is 0.882 bits per heavy atom. The van der Waals surface area contributed by atoms with Crippen LogP contribution in [-0.4, -0.2) is 23.8 Å². The number of alkyl halides is 3. The number of hydrogen-bond acceptors (Lipinski definition) is 5. The minimum atomic E-state index is -4.51. The van der Waals surface area contributed by atoms with Gasteiger partial charge in [0, 0.05) is 16.9 Å². The van der Waals surface area contributed by atoms with Crippen molar-refractivity contribution in [3.05, 3.63) is 89.5 Å². The van der Waals surface area contributed by atoms with Crippen molar-refractivity contribution in [2.75, 3.05) is 10.6 Å². The number of anilines is 3. The predicted molar refractivity (Wildman–Crippen MR) is 121 cm³/mol. The van der Waals surface area contributed by atoms with Crippen LogP contribution in [0.1, 0.15) is 40.1 Å². The van der Waals surface area contributed by atoms with E-state index >= 15 is 0 Å². The van der Waals surface area contributed by atoms with Gasteiger partial charge in [0.15, 0.2) is 11.9 Å². The lowest BCUT2D eigenvalue weighted by molar-refractivity contribution is -0.137. The smallest absolute Gasteiger partial charge is 0.416 e. The number of carbonyl (C=O) groups excluding carboxylic acids is 3. The first-order valence-electron chi connectivity index (χ1n) is 10.2. The molecule has 0 saturated heterocycles. The lowest BCUT2D eigenvalue weighted by atomic mass is 10.1. The molecule has 0 heterocycles. The zero-order valence-corrected chi connectivity index (χ0v) is 18.3. The van der Waals surface area contributed by atoms with E-state index in [0.717, 1.165) is 12.1 Å². The third-order valence-electron chi connectivity index (χ3n) is 4.83. The molecule has 3 aromatic rings. The average molecular weight is 470 g/mol. The first kappa shape index (κ1) is 24.5. The number of nitrogens with one attached hydrogen (secondary N) is 2. The van der Waals surface area contributed by atoms with Gasteiger partial charge in [0.05, 0.1) is 16.8 Å². The Balaban J connectivity index is 1.69. The van der Waals surface area contributed by atoms with Crippen LogP contribution in [0.3, 0.4) is 0 Å². The maximum Gasteiger partial charge on any atom is 0.416 e. The van der Waals surface area contributed by atoms with Gasteiger partial charge in [-0.3, -0.25) is 9.59 Å². The fraction of sp³-hybridized carbons (Fsp3) is 0.160. The molecule has 0 radical (unpaired) electrons. The van der Waals surface area contributed by atoms with E-state index in [1.165, 1.54) is 38.1 Å². The van der Waals surface area contributed by atoms with Crippen LogP contribution in [0, 0.1) is 0 Å². The van der Waals surface area contributed by atoms with Gasteiger partial charge in [0.2, 0.25) is 0 Å². The second-order valence-corrected chi connectivity index (χ2v) is 7.42. The van der Waals surface area contributed by atoms with Gasteiger partial charge in [0.1, 0.15) is 0 Å². The van der Waals surface area contributed by atoms with Crippen molar-refractivity contribution in [3.63, 3.8) is 0 Å². The van der Waals surface area contributed by atoms with E-state index in [2.05, 4.69) is 10.6 Å². The molecule has 0 aliphatic carbocycles. The molecule has 9 heteroatoms. The first-order valence-corrected chi connectivity index (χ1v) is 10.2. The lowest BCUT2D eigenvalue weighted by Gasteiger charge is -2.16. The van der Waals surface area contributed by atoms with Crippen LogP contribution in [-0.2, 0) is 15.7 Å². The average Bonchev–Trinajstić information content (AvgIpc) is 2.79. The van der Waals surface area contributed by atoms with Gasteiger partial charge in [0.25, 0.3) is 5.91 Å². The Bertz CT molecular complexity index is 1210. The van der Waals surface area contributed by atoms with E-state index in [-0.39, 0.29) is 22.7 Å². The molecule has 0 saturated carbocycles. The summed E-state index contributed by atoms with van der Waals surface area (Å²) < 4.78 is 44.2. The number of Topliss-reactive ketones (excluding diaryl/α,β-unsaturated/α-hetero) is 1. The molecule has 0 spiro atoms. The van der Waals surface area contributed by atoms with Crippen molar-refractivity contribution in [1.29, 1.82) is 0 Å². The molecule has 3 rings (SSSR count). The lowest BCUT2D eigenvalue weighted by Crippen LogP contribution is -2.30. The number of benzene rings is 3. The van der Waals surface area contributed by atoms with Crippen LogP contribution in [0.25, 0.3) is 0 Å². The minimum Gasteiger partial charge on any atom is -0.449 e. The van der Waals surface area contributed by atoms with E-state index in [9.17, 15) is 27.6 Å². The van der Waals surface area contributed by atoms with E-state index in [0.29, 0.717) is 11.3 Å². The summed E-state index contributed by atoms with van der Waals surface area (Å²) in [4.78, 5) is 36.5. The van der Waals surface area contributed by atoms with Crippen molar-refractivity contribution >= 4 is 34.7 Å². The van der Waals surface area contributed by atoms with E-state index in [1.54, 1.807) is 36.4 Å². The van der Waals surface area contributed by atoms with E-state index in [1.807, 2.05) is 0 Å². The largest absolute Gasteiger partial charge is 0.449 e. The Morgan fingerprint density at radius 3 is 2.21 bits per heavy atom. The monoisotopic (exact) mass is 470 g/mol. The Morgan fingerprint density at radius 2 is 1.56 bits per heavy atom. The topological polar surface area (TPSA) is 84.5 Å². The zero-order chi connectivity index (χ0) is 24.9. The molecule has 1 atom stereocenters. The fourth-order valence-electron chi connectivity index (χ4n) is 3.01. The molecule has 3 aromatic carbocycles. The number of hydrogen-bond donors (Lipinski definition) is 2. The van der Waals surface area contributed by atoms with Crippen molar-refractivity contribution in [3.8, 4) is 0 Å². The number of carbonyl (C=O) groups is 3. The molecule has 2 N–H and O–H groups in total. The minimum absolute atomic E-state index is 0.0466. The number of ether oxygens (including phenoxy) is 1. The maximum atomic E-state index is 13.0. The second kappa shape index (κ2) is 10.2. The summed E-state index contributed by atoms with van der Waals surface area (Å²) in [7, 11) is 0. The summed E-state index contributed by atoms with van der Waals surface area (Å²) in [5, 5.41) is 5.38. The standard InChI is InChI=1S/C25H21F3N2O4/c1-15(31)17-10-12-19(13-11-17)30-23(32)16(2)34-24(33)21-8-3-4-9-22(21)29-20-7-5-6-18(14-20)25(26,27)28/h3-14,16,29H,1-2H3,(H,30,32). The van der Waals surface area contributed by atoms with Crippen molar-refractivity contribution in [2.45, 2.75) is 26.1 Å². The van der Waals surface area contributed by atoms with Crippen LogP contribution in [0.4, 0.5) is 30.2 Å². The third kappa shape index (κ3) is 6.22. The summed E-state index contributed by atoms with van der Waals surface area (Å²) in [6, 6.07) is 16.9. The first-order chi connectivity index (χ1) is 16.0. The highest BCUT2D eigenvalue weighted by molar-refractivity contribution is 6.00. The molecule has 1 unspecified atom stereocenters. The normalized spacial score (nSPS) is 11.9. The van der Waals surface area contributed by atoms with Gasteiger partial charge in [-0.25, -0.2) is 4.79 Å². The van der Waals surface area contributed by atoms with E-state index < -0.39 is 29.7 Å². The van der Waals surface area contributed by atoms with Gasteiger partial charge >= 0.3 is 12.1 Å². The number of amides is 1. The summed E-state index contributed by atoms with van der Waals surface area (Å²) in [5.74, 6) is -1.53. The van der Waals surface area contributed by atoms with Crippen molar-refractivity contribution in [1.82, 2.24) is 0 Å². The second-order valence-electron chi connectivity index (χ2n) is 7.42. The van der Waals surface area contributed by atoms with Crippen LogP contribution in [0.2, 0.25) is 0 Å². The Hall–Kier alpha value is -4.14. The highest BCUT2D eigenvalue weighted by atomic mass is 19.4. The molecular weight excluding hydrogens is 449 g/mol. The quantitative estimate of drug-likeness (QED) is 0.335. The number of para-hydroxylation sites is 1. The molecule has 0 bridgehead atoms. The van der Waals surface area contributed by atoms with Gasteiger partial charge in [-0.15, -0.1) is 0 Å². The fourth-order valence-corrected chi connectivity index (χ4v) is 3.01. The predicted octanol–water partition coefficient (Wildman–Crippen LogP) is 5.84. The SMILES string of the molecule is CC(=O)c1ccc(NC(=O)C(C)OC(=O)c2ccccc2Nc2cccc(C(F)(F)F)c2)cc1. The molecular formula is C25H21F3N2O4. The molecule has 0 aliphatic rings. The Labute approximate surface area is 193 Å². The summed E-state index contributed by atoms with van der Waals surface area (Å²) in [6.45, 7) is 2.81. The van der Waals surface area contributed by atoms with Gasteiger partial charge in [-0.2, -0.15) is 13.2 Å². The highest BCUT2D eigenvalue weighted by Crippen LogP contribution is 2.32. The van der Waals surface area contributed by atoms with Crippen LogP contribution >= 0.6 is 0 Å². The van der Waals surface area contributed by atoms with Crippen molar-refractivity contribution < 1.29 is 32.3 Å². The number of ketones is 1. The third-order valence-corrected chi connectivity index (χ3v) is 4.83. The van der Waals surface area contributed by atoms with E-state index in [4.69, 9.17) is 4.74 Å². The maximum absolute atomic E-state index is 13.0. The van der Waals surface area contributed by atoms with Gasteiger partial charge < -0.3 is 15.4 Å². The van der Waals surface area contributed by atoms with Crippen LogP contribution < -0.4 is 10.6 Å². The molecule has 0 aromatic heterocycles.